The second-order valence-electron chi connectivity index (χ2n) is 7.40. The Balaban J connectivity index is 1.40. The Kier molecular flexibility index (Phi) is 5.92. The number of benzene rings is 1. The van der Waals surface area contributed by atoms with E-state index in [1.165, 1.54) is 10.8 Å². The molecule has 1 amide bonds. The fraction of sp³-hybridized carbons (Fsp3) is 0.364. The van der Waals surface area contributed by atoms with E-state index in [1.807, 2.05) is 24.3 Å². The van der Waals surface area contributed by atoms with Gasteiger partial charge < -0.3 is 14.1 Å². The van der Waals surface area contributed by atoms with Crippen molar-refractivity contribution in [3.63, 3.8) is 0 Å². The van der Waals surface area contributed by atoms with Crippen molar-refractivity contribution in [1.29, 1.82) is 0 Å². The Morgan fingerprint density at radius 1 is 1.30 bits per heavy atom. The average Bonchev–Trinajstić information content (AvgIpc) is 3.24. The molecule has 30 heavy (non-hydrogen) atoms. The van der Waals surface area contributed by atoms with E-state index in [1.54, 1.807) is 30.5 Å². The van der Waals surface area contributed by atoms with Gasteiger partial charge in [0.25, 0.3) is 0 Å². The molecule has 1 fully saturated rings. The summed E-state index contributed by atoms with van der Waals surface area (Å²) < 4.78 is 12.6. The van der Waals surface area contributed by atoms with Gasteiger partial charge in [0.05, 0.1) is 19.2 Å². The number of nitrogens with zero attached hydrogens (tertiary/aromatic N) is 4. The Hall–Kier alpha value is -3.42. The molecule has 0 bridgehead atoms. The molecule has 0 spiro atoms. The summed E-state index contributed by atoms with van der Waals surface area (Å²) in [4.78, 5) is 34.4. The summed E-state index contributed by atoms with van der Waals surface area (Å²) in [5.74, 6) is 2.19. The van der Waals surface area contributed by atoms with Gasteiger partial charge in [-0.3, -0.25) is 9.36 Å². The van der Waals surface area contributed by atoms with Gasteiger partial charge in [0.2, 0.25) is 5.91 Å². The minimum atomic E-state index is -0.422. The minimum Gasteiger partial charge on any atom is -0.497 e. The zero-order valence-corrected chi connectivity index (χ0v) is 16.9. The van der Waals surface area contributed by atoms with Crippen LogP contribution in [0.3, 0.4) is 0 Å². The maximum absolute atomic E-state index is 12.7. The topological polar surface area (TPSA) is 90.5 Å². The molecule has 0 N–H and O–H groups in total. The molecule has 0 radical (unpaired) electrons. The summed E-state index contributed by atoms with van der Waals surface area (Å²) in [6, 6.07) is 9.49. The van der Waals surface area contributed by atoms with E-state index in [0.29, 0.717) is 25.4 Å². The van der Waals surface area contributed by atoms with E-state index < -0.39 is 5.69 Å². The minimum absolute atomic E-state index is 0.00787. The van der Waals surface area contributed by atoms with Gasteiger partial charge in [-0.2, -0.15) is 0 Å². The smallest absolute Gasteiger partial charge is 0.347 e. The van der Waals surface area contributed by atoms with E-state index >= 15 is 0 Å². The molecule has 1 aliphatic rings. The monoisotopic (exact) mass is 408 g/mol. The number of hydrogen-bond acceptors (Lipinski definition) is 6. The lowest BCUT2D eigenvalue weighted by molar-refractivity contribution is -0.133. The number of aromatic nitrogens is 3. The first-order valence-corrected chi connectivity index (χ1v) is 9.99. The zero-order valence-electron chi connectivity index (χ0n) is 16.9. The number of rotatable bonds is 6. The highest BCUT2D eigenvalue weighted by Gasteiger charge is 2.28. The number of carbonyl (C=O) groups is 1. The Bertz CT molecular complexity index is 1070. The normalized spacial score (nSPS) is 16.4. The van der Waals surface area contributed by atoms with Gasteiger partial charge in [-0.1, -0.05) is 12.1 Å². The van der Waals surface area contributed by atoms with Gasteiger partial charge in [-0.15, -0.1) is 0 Å². The molecule has 3 aromatic rings. The Morgan fingerprint density at radius 2 is 2.20 bits per heavy atom. The second kappa shape index (κ2) is 8.94. The lowest BCUT2D eigenvalue weighted by atomic mass is 9.98. The van der Waals surface area contributed by atoms with Crippen LogP contribution in [0.5, 0.6) is 5.75 Å². The number of hydrogen-bond donors (Lipinski definition) is 0. The molecule has 1 aromatic carbocycles. The molecule has 1 atom stereocenters. The molecule has 0 saturated carbocycles. The first-order chi connectivity index (χ1) is 14.6. The van der Waals surface area contributed by atoms with E-state index in [0.717, 1.165) is 29.9 Å². The fourth-order valence-electron chi connectivity index (χ4n) is 3.74. The molecule has 1 saturated heterocycles. The summed E-state index contributed by atoms with van der Waals surface area (Å²) in [6.45, 7) is 1.20. The quantitative estimate of drug-likeness (QED) is 0.621. The van der Waals surface area contributed by atoms with E-state index in [2.05, 4.69) is 9.97 Å². The summed E-state index contributed by atoms with van der Waals surface area (Å²) in [7, 11) is 1.65. The summed E-state index contributed by atoms with van der Waals surface area (Å²) in [5.41, 5.74) is 0.661. The molecule has 1 aliphatic heterocycles. The van der Waals surface area contributed by atoms with Crippen molar-refractivity contribution < 1.29 is 13.9 Å². The number of piperidine rings is 1. The van der Waals surface area contributed by atoms with Crippen molar-refractivity contribution in [3.8, 4) is 5.75 Å². The molecular formula is C22H24N4O4. The first-order valence-electron chi connectivity index (χ1n) is 9.99. The maximum Gasteiger partial charge on any atom is 0.347 e. The van der Waals surface area contributed by atoms with Gasteiger partial charge in [0, 0.05) is 31.9 Å². The lowest BCUT2D eigenvalue weighted by Crippen LogP contribution is -2.42. The number of carbonyl (C=O) groups excluding carboxylic acids is 1. The van der Waals surface area contributed by atoms with Gasteiger partial charge >= 0.3 is 5.69 Å². The van der Waals surface area contributed by atoms with E-state index in [-0.39, 0.29) is 18.4 Å². The van der Waals surface area contributed by atoms with Crippen LogP contribution >= 0.6 is 0 Å². The van der Waals surface area contributed by atoms with Crippen molar-refractivity contribution in [2.75, 3.05) is 20.2 Å². The van der Waals surface area contributed by atoms with Crippen LogP contribution in [0.1, 0.15) is 36.0 Å². The Morgan fingerprint density at radius 3 is 3.03 bits per heavy atom. The molecule has 8 nitrogen and oxygen atoms in total. The fourth-order valence-corrected chi connectivity index (χ4v) is 3.74. The number of oxazole rings is 1. The third-order valence-electron chi connectivity index (χ3n) is 5.30. The molecular weight excluding hydrogens is 384 g/mol. The SMILES string of the molecule is COc1cccc(Cc2cnc(C3CCCN(C(=O)Cn4cccnc4=O)C3)o2)c1. The highest BCUT2D eigenvalue weighted by atomic mass is 16.5. The van der Waals surface area contributed by atoms with Crippen molar-refractivity contribution in [3.05, 3.63) is 76.6 Å². The molecule has 4 rings (SSSR count). The molecule has 1 unspecified atom stereocenters. The van der Waals surface area contributed by atoms with Crippen LogP contribution in [0.2, 0.25) is 0 Å². The highest BCUT2D eigenvalue weighted by molar-refractivity contribution is 5.76. The van der Waals surface area contributed by atoms with Crippen LogP contribution in [0.25, 0.3) is 0 Å². The van der Waals surface area contributed by atoms with Crippen LogP contribution in [0.15, 0.2) is 58.1 Å². The molecule has 3 heterocycles. The molecule has 8 heteroatoms. The average molecular weight is 408 g/mol. The highest BCUT2D eigenvalue weighted by Crippen LogP contribution is 2.27. The van der Waals surface area contributed by atoms with Gasteiger partial charge in [-0.05, 0) is 36.6 Å². The van der Waals surface area contributed by atoms with E-state index in [4.69, 9.17) is 9.15 Å². The van der Waals surface area contributed by atoms with Crippen LogP contribution in [0.4, 0.5) is 0 Å². The van der Waals surface area contributed by atoms with Gasteiger partial charge in [0.15, 0.2) is 5.89 Å². The van der Waals surface area contributed by atoms with Crippen LogP contribution < -0.4 is 10.4 Å². The van der Waals surface area contributed by atoms with Crippen molar-refractivity contribution in [2.45, 2.75) is 31.7 Å². The van der Waals surface area contributed by atoms with Crippen LogP contribution in [-0.4, -0.2) is 45.5 Å². The van der Waals surface area contributed by atoms with Gasteiger partial charge in [-0.25, -0.2) is 14.8 Å². The largest absolute Gasteiger partial charge is 0.497 e. The molecule has 156 valence electrons. The first kappa shape index (κ1) is 19.9. The number of ether oxygens (including phenoxy) is 1. The molecule has 0 aliphatic carbocycles. The summed E-state index contributed by atoms with van der Waals surface area (Å²) >= 11 is 0. The van der Waals surface area contributed by atoms with Crippen molar-refractivity contribution in [2.24, 2.45) is 0 Å². The zero-order chi connectivity index (χ0) is 20.9. The second-order valence-corrected chi connectivity index (χ2v) is 7.40. The van der Waals surface area contributed by atoms with Crippen molar-refractivity contribution >= 4 is 5.91 Å². The van der Waals surface area contributed by atoms with Gasteiger partial charge in [0.1, 0.15) is 18.1 Å². The maximum atomic E-state index is 12.7. The van der Waals surface area contributed by atoms with Crippen LogP contribution in [-0.2, 0) is 17.8 Å². The standard InChI is InChI=1S/C22H24N4O4/c1-29-18-7-2-5-16(11-18)12-19-13-24-21(30-19)17-6-3-9-25(14-17)20(27)15-26-10-4-8-23-22(26)28/h2,4-5,7-8,10-11,13,17H,3,6,9,12,14-15H2,1H3. The number of methoxy groups -OCH3 is 1. The van der Waals surface area contributed by atoms with Crippen molar-refractivity contribution in [1.82, 2.24) is 19.4 Å². The number of amides is 1. The number of likely N-dealkylation sites (tertiary alicyclic amines) is 1. The third-order valence-corrected chi connectivity index (χ3v) is 5.30. The Labute approximate surface area is 174 Å². The summed E-state index contributed by atoms with van der Waals surface area (Å²) in [5, 5.41) is 0. The summed E-state index contributed by atoms with van der Waals surface area (Å²) in [6.07, 6.45) is 7.16. The predicted molar refractivity (Wildman–Crippen MR) is 109 cm³/mol. The third kappa shape index (κ3) is 4.59. The lowest BCUT2D eigenvalue weighted by Gasteiger charge is -2.31. The molecule has 2 aromatic heterocycles. The predicted octanol–water partition coefficient (Wildman–Crippen LogP) is 2.24. The van der Waals surface area contributed by atoms with Crippen LogP contribution in [0, 0.1) is 0 Å². The van der Waals surface area contributed by atoms with E-state index in [9.17, 15) is 9.59 Å².